The highest BCUT2D eigenvalue weighted by molar-refractivity contribution is 7.08. The predicted molar refractivity (Wildman–Crippen MR) is 77.0 cm³/mol. The zero-order valence-electron chi connectivity index (χ0n) is 12.5. The first-order chi connectivity index (χ1) is 9.12. The van der Waals surface area contributed by atoms with Crippen molar-refractivity contribution in [1.82, 2.24) is 14.5 Å². The Balaban J connectivity index is 3.06. The molecular weight excluding hydrogens is 278 g/mol. The Morgan fingerprint density at radius 2 is 1.95 bits per heavy atom. The van der Waals surface area contributed by atoms with Gasteiger partial charge in [0.2, 0.25) is 0 Å². The molecule has 6 nitrogen and oxygen atoms in total. The first-order valence-electron chi connectivity index (χ1n) is 6.46. The van der Waals surface area contributed by atoms with Crippen LogP contribution in [0.4, 0.5) is 0 Å². The average molecular weight is 299 g/mol. The van der Waals surface area contributed by atoms with Crippen LogP contribution in [0.2, 0.25) is 0 Å². The Morgan fingerprint density at radius 1 is 1.35 bits per heavy atom. The lowest BCUT2D eigenvalue weighted by Gasteiger charge is -2.24. The second kappa shape index (κ2) is 6.30. The van der Waals surface area contributed by atoms with Crippen LogP contribution in [0, 0.1) is 5.92 Å². The summed E-state index contributed by atoms with van der Waals surface area (Å²) in [5.74, 6) is -1.13. The van der Waals surface area contributed by atoms with Gasteiger partial charge in [-0.25, -0.2) is 0 Å². The molecule has 0 fully saturated rings. The maximum atomic E-state index is 12.5. The third-order valence-corrected chi connectivity index (χ3v) is 3.31. The summed E-state index contributed by atoms with van der Waals surface area (Å²) in [6.07, 6.45) is 0. The minimum atomic E-state index is -1.02. The predicted octanol–water partition coefficient (Wildman–Crippen LogP) is 2.02. The molecule has 1 N–H and O–H groups in total. The number of hydrogen-bond acceptors (Lipinski definition) is 5. The Morgan fingerprint density at radius 3 is 2.40 bits per heavy atom. The molecule has 0 aliphatic rings. The normalized spacial score (nSPS) is 11.7. The highest BCUT2D eigenvalue weighted by Gasteiger charge is 2.30. The highest BCUT2D eigenvalue weighted by atomic mass is 32.1. The second-order valence-electron chi connectivity index (χ2n) is 6.17. The minimum Gasteiger partial charge on any atom is -0.480 e. The topological polar surface area (TPSA) is 83.4 Å². The van der Waals surface area contributed by atoms with Crippen LogP contribution in [0.3, 0.4) is 0 Å². The second-order valence-corrected chi connectivity index (χ2v) is 6.93. The molecule has 1 amide bonds. The van der Waals surface area contributed by atoms with Crippen molar-refractivity contribution in [3.63, 3.8) is 0 Å². The van der Waals surface area contributed by atoms with Gasteiger partial charge >= 0.3 is 5.97 Å². The number of rotatable bonds is 5. The van der Waals surface area contributed by atoms with E-state index in [9.17, 15) is 9.59 Å². The van der Waals surface area contributed by atoms with Crippen molar-refractivity contribution in [2.45, 2.75) is 40.0 Å². The molecule has 0 aromatic carbocycles. The zero-order valence-corrected chi connectivity index (χ0v) is 13.3. The summed E-state index contributed by atoms with van der Waals surface area (Å²) in [6.45, 7) is 9.82. The fraction of sp³-hybridized carbons (Fsp3) is 0.692. The van der Waals surface area contributed by atoms with Crippen molar-refractivity contribution in [1.29, 1.82) is 0 Å². The number of aromatic nitrogens is 2. The van der Waals surface area contributed by atoms with Crippen LogP contribution in [0.15, 0.2) is 0 Å². The molecule has 0 spiro atoms. The molecule has 0 aliphatic carbocycles. The van der Waals surface area contributed by atoms with Crippen molar-refractivity contribution in [3.8, 4) is 0 Å². The molecule has 1 aromatic heterocycles. The summed E-state index contributed by atoms with van der Waals surface area (Å²) in [6, 6.07) is 0. The van der Waals surface area contributed by atoms with Crippen LogP contribution in [0.1, 0.15) is 50.0 Å². The highest BCUT2D eigenvalue weighted by Crippen LogP contribution is 2.27. The number of nitrogens with zero attached hydrogens (tertiary/aromatic N) is 3. The molecule has 0 bridgehead atoms. The van der Waals surface area contributed by atoms with E-state index < -0.39 is 5.97 Å². The van der Waals surface area contributed by atoms with Gasteiger partial charge in [-0.2, -0.15) is 0 Å². The van der Waals surface area contributed by atoms with E-state index in [1.807, 2.05) is 34.6 Å². The van der Waals surface area contributed by atoms with Crippen molar-refractivity contribution < 1.29 is 14.7 Å². The molecule has 7 heteroatoms. The molecule has 1 aromatic rings. The van der Waals surface area contributed by atoms with Crippen LogP contribution < -0.4 is 0 Å². The van der Waals surface area contributed by atoms with Gasteiger partial charge in [0.1, 0.15) is 11.4 Å². The maximum absolute atomic E-state index is 12.5. The lowest BCUT2D eigenvalue weighted by molar-refractivity contribution is -0.137. The number of carbonyl (C=O) groups is 2. The molecule has 0 saturated carbocycles. The average Bonchev–Trinajstić information content (AvgIpc) is 2.74. The van der Waals surface area contributed by atoms with E-state index in [-0.39, 0.29) is 23.8 Å². The number of amides is 1. The summed E-state index contributed by atoms with van der Waals surface area (Å²) >= 11 is 1.02. The summed E-state index contributed by atoms with van der Waals surface area (Å²) in [7, 11) is 0. The number of aliphatic carboxylic acids is 1. The first-order valence-corrected chi connectivity index (χ1v) is 7.24. The van der Waals surface area contributed by atoms with Crippen LogP contribution >= 0.6 is 11.5 Å². The van der Waals surface area contributed by atoms with Crippen molar-refractivity contribution in [3.05, 3.63) is 10.6 Å². The summed E-state index contributed by atoms with van der Waals surface area (Å²) in [5, 5.41) is 13.0. The van der Waals surface area contributed by atoms with Crippen LogP contribution in [-0.2, 0) is 10.2 Å². The molecule has 0 unspecified atom stereocenters. The van der Waals surface area contributed by atoms with Gasteiger partial charge in [0, 0.05) is 12.0 Å². The van der Waals surface area contributed by atoms with Gasteiger partial charge in [-0.3, -0.25) is 9.59 Å². The number of carboxylic acid groups (broad SMARTS) is 1. The fourth-order valence-corrected chi connectivity index (χ4v) is 2.63. The molecule has 112 valence electrons. The number of carboxylic acids is 1. The lowest BCUT2D eigenvalue weighted by Crippen LogP contribution is -2.38. The largest absolute Gasteiger partial charge is 0.480 e. The summed E-state index contributed by atoms with van der Waals surface area (Å²) in [5.41, 5.74) is 0.316. The van der Waals surface area contributed by atoms with Gasteiger partial charge in [0.25, 0.3) is 5.91 Å². The molecule has 1 rings (SSSR count). The van der Waals surface area contributed by atoms with E-state index in [1.54, 1.807) is 0 Å². The Labute approximate surface area is 123 Å². The Hall–Kier alpha value is -1.50. The molecule has 0 atom stereocenters. The molecular formula is C13H21N3O3S. The van der Waals surface area contributed by atoms with Gasteiger partial charge < -0.3 is 10.0 Å². The number of carbonyl (C=O) groups excluding carboxylic acids is 1. The Kier molecular flexibility index (Phi) is 5.21. The van der Waals surface area contributed by atoms with E-state index in [0.717, 1.165) is 11.5 Å². The maximum Gasteiger partial charge on any atom is 0.323 e. The quantitative estimate of drug-likeness (QED) is 0.899. The monoisotopic (exact) mass is 299 g/mol. The van der Waals surface area contributed by atoms with Crippen LogP contribution in [-0.4, -0.2) is 44.6 Å². The lowest BCUT2D eigenvalue weighted by atomic mass is 9.91. The van der Waals surface area contributed by atoms with E-state index in [0.29, 0.717) is 17.1 Å². The standard InChI is InChI=1S/C13H21N3O3S/c1-8(2)6-16(7-9(17)18)12(19)10-11(13(3,4)5)14-15-20-10/h8H,6-7H2,1-5H3,(H,17,18). The smallest absolute Gasteiger partial charge is 0.323 e. The molecule has 0 saturated heterocycles. The van der Waals surface area contributed by atoms with Crippen molar-refractivity contribution in [2.75, 3.05) is 13.1 Å². The third-order valence-electron chi connectivity index (χ3n) is 2.59. The molecule has 1 heterocycles. The zero-order chi connectivity index (χ0) is 15.5. The van der Waals surface area contributed by atoms with Crippen LogP contribution in [0.5, 0.6) is 0 Å². The van der Waals surface area contributed by atoms with Gasteiger partial charge in [-0.15, -0.1) is 5.10 Å². The summed E-state index contributed by atoms with van der Waals surface area (Å²) in [4.78, 5) is 25.2. The van der Waals surface area contributed by atoms with E-state index in [2.05, 4.69) is 9.59 Å². The first kappa shape index (κ1) is 16.6. The Bertz CT molecular complexity index is 491. The van der Waals surface area contributed by atoms with E-state index in [1.165, 1.54) is 4.90 Å². The van der Waals surface area contributed by atoms with Gasteiger partial charge in [-0.05, 0) is 17.5 Å². The van der Waals surface area contributed by atoms with Crippen LogP contribution in [0.25, 0.3) is 0 Å². The van der Waals surface area contributed by atoms with Crippen molar-refractivity contribution in [2.24, 2.45) is 5.92 Å². The van der Waals surface area contributed by atoms with Gasteiger partial charge in [0.15, 0.2) is 0 Å². The van der Waals surface area contributed by atoms with Gasteiger partial charge in [0.05, 0.1) is 5.69 Å². The van der Waals surface area contributed by atoms with E-state index >= 15 is 0 Å². The number of hydrogen-bond donors (Lipinski definition) is 1. The summed E-state index contributed by atoms with van der Waals surface area (Å²) < 4.78 is 3.85. The third kappa shape index (κ3) is 4.26. The SMILES string of the molecule is CC(C)CN(CC(=O)O)C(=O)c1snnc1C(C)(C)C. The molecule has 0 aliphatic heterocycles. The van der Waals surface area contributed by atoms with Gasteiger partial charge in [-0.1, -0.05) is 39.1 Å². The van der Waals surface area contributed by atoms with E-state index in [4.69, 9.17) is 5.11 Å². The van der Waals surface area contributed by atoms with Crippen molar-refractivity contribution >= 4 is 23.4 Å². The molecule has 20 heavy (non-hydrogen) atoms. The minimum absolute atomic E-state index is 0.192. The fourth-order valence-electron chi connectivity index (χ4n) is 1.79. The molecule has 0 radical (unpaired) electrons.